The van der Waals surface area contributed by atoms with Gasteiger partial charge in [0.25, 0.3) is 0 Å². The van der Waals surface area contributed by atoms with Gasteiger partial charge in [-0.15, -0.1) is 0 Å². The molecule has 1 rings (SSSR count). The van der Waals surface area contributed by atoms with Crippen molar-refractivity contribution in [1.82, 2.24) is 9.80 Å². The predicted molar refractivity (Wildman–Crippen MR) is 82.9 cm³/mol. The Kier molecular flexibility index (Phi) is 6.02. The summed E-state index contributed by atoms with van der Waals surface area (Å²) in [6.07, 6.45) is 2.31. The number of hydrogen-bond donors (Lipinski definition) is 1. The van der Waals surface area contributed by atoms with Gasteiger partial charge in [-0.2, -0.15) is 0 Å². The molecule has 0 radical (unpaired) electrons. The number of nitrogens with two attached hydrogens (primary N) is 1. The predicted octanol–water partition coefficient (Wildman–Crippen LogP) is 2.10. The van der Waals surface area contributed by atoms with Crippen molar-refractivity contribution < 1.29 is 0 Å². The molecule has 18 heavy (non-hydrogen) atoms. The normalized spacial score (nSPS) is 20.9. The molecule has 4 heteroatoms. The molecule has 1 fully saturated rings. The summed E-state index contributed by atoms with van der Waals surface area (Å²) in [5.74, 6) is 0. The Bertz CT molecular complexity index is 270. The highest BCUT2D eigenvalue weighted by Crippen LogP contribution is 2.21. The van der Waals surface area contributed by atoms with E-state index in [9.17, 15) is 0 Å². The van der Waals surface area contributed by atoms with Crippen LogP contribution in [0.3, 0.4) is 0 Å². The summed E-state index contributed by atoms with van der Waals surface area (Å²) in [5, 5.41) is 0. The molecule has 2 N–H and O–H groups in total. The second-order valence-corrected chi connectivity index (χ2v) is 6.57. The first-order valence-electron chi connectivity index (χ1n) is 7.13. The van der Waals surface area contributed by atoms with Gasteiger partial charge in [-0.1, -0.05) is 33.0 Å². The maximum absolute atomic E-state index is 5.77. The Hall–Kier alpha value is -0.190. The van der Waals surface area contributed by atoms with Gasteiger partial charge >= 0.3 is 0 Å². The van der Waals surface area contributed by atoms with Crippen molar-refractivity contribution in [1.29, 1.82) is 0 Å². The molecule has 0 aromatic heterocycles. The molecular weight excluding hydrogens is 242 g/mol. The van der Waals surface area contributed by atoms with E-state index in [1.54, 1.807) is 0 Å². The fourth-order valence-corrected chi connectivity index (χ4v) is 2.35. The van der Waals surface area contributed by atoms with Crippen molar-refractivity contribution >= 4 is 17.2 Å². The third kappa shape index (κ3) is 4.48. The van der Waals surface area contributed by atoms with Crippen molar-refractivity contribution in [2.75, 3.05) is 32.7 Å². The van der Waals surface area contributed by atoms with Gasteiger partial charge in [0.2, 0.25) is 0 Å². The summed E-state index contributed by atoms with van der Waals surface area (Å²) in [6.45, 7) is 14.7. The second kappa shape index (κ2) is 6.83. The first-order valence-corrected chi connectivity index (χ1v) is 7.54. The Labute approximate surface area is 118 Å². The molecule has 1 heterocycles. The molecule has 3 nitrogen and oxygen atoms in total. The van der Waals surface area contributed by atoms with Gasteiger partial charge in [-0.05, 0) is 26.3 Å². The van der Waals surface area contributed by atoms with Crippen molar-refractivity contribution in [3.8, 4) is 0 Å². The molecule has 0 bridgehead atoms. The molecule has 0 saturated carbocycles. The number of thiocarbonyl (C=S) groups is 1. The van der Waals surface area contributed by atoms with Crippen LogP contribution in [0.2, 0.25) is 0 Å². The van der Waals surface area contributed by atoms with E-state index in [0.717, 1.165) is 19.0 Å². The zero-order valence-electron chi connectivity index (χ0n) is 12.4. The first kappa shape index (κ1) is 15.9. The van der Waals surface area contributed by atoms with Crippen LogP contribution in [0, 0.1) is 5.41 Å². The van der Waals surface area contributed by atoms with Gasteiger partial charge in [0.05, 0.1) is 4.99 Å². The molecule has 1 atom stereocenters. The van der Waals surface area contributed by atoms with Gasteiger partial charge in [-0.3, -0.25) is 4.90 Å². The highest BCUT2D eigenvalue weighted by molar-refractivity contribution is 7.80. The second-order valence-electron chi connectivity index (χ2n) is 6.13. The van der Waals surface area contributed by atoms with E-state index in [1.807, 2.05) is 0 Å². The van der Waals surface area contributed by atoms with Gasteiger partial charge in [0.15, 0.2) is 0 Å². The molecule has 1 aliphatic heterocycles. The van der Waals surface area contributed by atoms with Crippen LogP contribution >= 0.6 is 12.2 Å². The molecule has 1 unspecified atom stereocenters. The van der Waals surface area contributed by atoms with Crippen molar-refractivity contribution in [3.05, 3.63) is 0 Å². The lowest BCUT2D eigenvalue weighted by atomic mass is 9.89. The quantitative estimate of drug-likeness (QED) is 0.750. The fraction of sp³-hybridized carbons (Fsp3) is 0.929. The SMILES string of the molecule is CCC(C)N1CCN(CCC(C)(C)C(N)=S)CC1. The average molecular weight is 271 g/mol. The topological polar surface area (TPSA) is 32.5 Å². The highest BCUT2D eigenvalue weighted by Gasteiger charge is 2.24. The van der Waals surface area contributed by atoms with Crippen molar-refractivity contribution in [2.45, 2.75) is 46.6 Å². The zero-order chi connectivity index (χ0) is 13.8. The van der Waals surface area contributed by atoms with Gasteiger partial charge in [0.1, 0.15) is 0 Å². The number of rotatable bonds is 6. The molecule has 0 spiro atoms. The Balaban J connectivity index is 2.30. The third-order valence-corrected chi connectivity index (χ3v) is 4.89. The lowest BCUT2D eigenvalue weighted by molar-refractivity contribution is 0.0957. The van der Waals surface area contributed by atoms with Gasteiger partial charge < -0.3 is 10.6 Å². The first-order chi connectivity index (χ1) is 8.36. The zero-order valence-corrected chi connectivity index (χ0v) is 13.2. The van der Waals surface area contributed by atoms with E-state index >= 15 is 0 Å². The Morgan fingerprint density at radius 3 is 2.28 bits per heavy atom. The Morgan fingerprint density at radius 1 is 1.28 bits per heavy atom. The molecular formula is C14H29N3S. The number of hydrogen-bond acceptors (Lipinski definition) is 3. The molecule has 0 amide bonds. The lowest BCUT2D eigenvalue weighted by Gasteiger charge is -2.38. The summed E-state index contributed by atoms with van der Waals surface area (Å²) >= 11 is 5.12. The van der Waals surface area contributed by atoms with Crippen LogP contribution in [-0.2, 0) is 0 Å². The summed E-state index contributed by atoms with van der Waals surface area (Å²) in [4.78, 5) is 5.77. The van der Waals surface area contributed by atoms with E-state index in [2.05, 4.69) is 37.5 Å². The van der Waals surface area contributed by atoms with Crippen molar-refractivity contribution in [2.24, 2.45) is 11.1 Å². The maximum Gasteiger partial charge on any atom is 0.0784 e. The minimum absolute atomic E-state index is 0.0107. The summed E-state index contributed by atoms with van der Waals surface area (Å²) in [7, 11) is 0. The molecule has 0 aromatic carbocycles. The standard InChI is InChI=1S/C14H29N3S/c1-5-12(2)17-10-8-16(9-11-17)7-6-14(3,4)13(15)18/h12H,5-11H2,1-4H3,(H2,15,18). The summed E-state index contributed by atoms with van der Waals surface area (Å²) in [5.41, 5.74) is 5.76. The summed E-state index contributed by atoms with van der Waals surface area (Å²) < 4.78 is 0. The van der Waals surface area contributed by atoms with E-state index in [0.29, 0.717) is 4.99 Å². The van der Waals surface area contributed by atoms with E-state index in [1.165, 1.54) is 32.6 Å². The van der Waals surface area contributed by atoms with E-state index < -0.39 is 0 Å². The minimum Gasteiger partial charge on any atom is -0.393 e. The van der Waals surface area contributed by atoms with Gasteiger partial charge in [-0.25, -0.2) is 0 Å². The minimum atomic E-state index is -0.0107. The summed E-state index contributed by atoms with van der Waals surface area (Å²) in [6, 6.07) is 0.722. The molecule has 0 aliphatic carbocycles. The maximum atomic E-state index is 5.77. The van der Waals surface area contributed by atoms with Crippen LogP contribution in [0.15, 0.2) is 0 Å². The average Bonchev–Trinajstić information content (AvgIpc) is 2.36. The number of piperazine rings is 1. The van der Waals surface area contributed by atoms with Crippen LogP contribution in [0.1, 0.15) is 40.5 Å². The lowest BCUT2D eigenvalue weighted by Crippen LogP contribution is -2.50. The van der Waals surface area contributed by atoms with Crippen LogP contribution in [0.4, 0.5) is 0 Å². The fourth-order valence-electron chi connectivity index (χ4n) is 2.25. The van der Waals surface area contributed by atoms with Crippen LogP contribution in [0.25, 0.3) is 0 Å². The van der Waals surface area contributed by atoms with Crippen molar-refractivity contribution in [3.63, 3.8) is 0 Å². The van der Waals surface area contributed by atoms with Gasteiger partial charge in [0, 0.05) is 37.6 Å². The van der Waals surface area contributed by atoms with E-state index in [4.69, 9.17) is 18.0 Å². The third-order valence-electron chi connectivity index (χ3n) is 4.34. The molecule has 1 saturated heterocycles. The Morgan fingerprint density at radius 2 is 1.83 bits per heavy atom. The molecule has 0 aromatic rings. The van der Waals surface area contributed by atoms with Crippen LogP contribution in [0.5, 0.6) is 0 Å². The molecule has 1 aliphatic rings. The monoisotopic (exact) mass is 271 g/mol. The smallest absolute Gasteiger partial charge is 0.0784 e. The van der Waals surface area contributed by atoms with Crippen LogP contribution in [-0.4, -0.2) is 53.6 Å². The largest absolute Gasteiger partial charge is 0.393 e. The molecule has 106 valence electrons. The number of nitrogens with zero attached hydrogens (tertiary/aromatic N) is 2. The van der Waals surface area contributed by atoms with Crippen LogP contribution < -0.4 is 5.73 Å². The highest BCUT2D eigenvalue weighted by atomic mass is 32.1. The van der Waals surface area contributed by atoms with E-state index in [-0.39, 0.29) is 5.41 Å².